The van der Waals surface area contributed by atoms with Crippen molar-refractivity contribution >= 4 is 6.21 Å². The van der Waals surface area contributed by atoms with E-state index in [1.54, 1.807) is 18.3 Å². The lowest BCUT2D eigenvalue weighted by molar-refractivity contribution is 0.307. The third-order valence-electron chi connectivity index (χ3n) is 1.69. The first-order valence-electron chi connectivity index (χ1n) is 4.14. The Bertz CT molecular complexity index is 308. The molecule has 3 heteroatoms. The van der Waals surface area contributed by atoms with Gasteiger partial charge in [0.05, 0.1) is 13.2 Å². The summed E-state index contributed by atoms with van der Waals surface area (Å²) < 4.78 is 0. The summed E-state index contributed by atoms with van der Waals surface area (Å²) in [6.07, 6.45) is 1.68. The minimum atomic E-state index is 0.0631. The van der Waals surface area contributed by atoms with Crippen molar-refractivity contribution in [3.05, 3.63) is 29.3 Å². The number of phenolic OH excluding ortho intramolecular Hbond substituents is 1. The lowest BCUT2D eigenvalue weighted by Gasteiger charge is -1.98. The number of benzene rings is 1. The Labute approximate surface area is 77.4 Å². The third-order valence-corrected chi connectivity index (χ3v) is 1.69. The number of phenols is 1. The quantitative estimate of drug-likeness (QED) is 0.683. The normalized spacial score (nSPS) is 10.9. The summed E-state index contributed by atoms with van der Waals surface area (Å²) in [6, 6.07) is 5.26. The average Bonchev–Trinajstić information content (AvgIpc) is 2.12. The summed E-state index contributed by atoms with van der Waals surface area (Å²) in [7, 11) is 0. The maximum absolute atomic E-state index is 9.23. The van der Waals surface area contributed by atoms with Crippen molar-refractivity contribution < 1.29 is 10.2 Å². The van der Waals surface area contributed by atoms with Gasteiger partial charge in [-0.15, -0.1) is 0 Å². The zero-order valence-corrected chi connectivity index (χ0v) is 7.57. The van der Waals surface area contributed by atoms with E-state index in [4.69, 9.17) is 5.11 Å². The van der Waals surface area contributed by atoms with Crippen molar-refractivity contribution in [2.45, 2.75) is 6.92 Å². The van der Waals surface area contributed by atoms with E-state index in [2.05, 4.69) is 4.99 Å². The van der Waals surface area contributed by atoms with Crippen LogP contribution < -0.4 is 0 Å². The predicted molar refractivity (Wildman–Crippen MR) is 52.4 cm³/mol. The van der Waals surface area contributed by atoms with Crippen molar-refractivity contribution in [2.24, 2.45) is 4.99 Å². The van der Waals surface area contributed by atoms with E-state index in [1.165, 1.54) is 0 Å². The molecule has 13 heavy (non-hydrogen) atoms. The standard InChI is InChI=1S/C10H13NO2/c1-8-6-9(2-3-10(8)13)7-11-4-5-12/h2-3,6-7,12-13H,4-5H2,1H3. The molecule has 0 atom stereocenters. The number of hydrogen-bond acceptors (Lipinski definition) is 3. The van der Waals surface area contributed by atoms with E-state index in [0.717, 1.165) is 11.1 Å². The molecular formula is C10H13NO2. The first-order valence-corrected chi connectivity index (χ1v) is 4.14. The monoisotopic (exact) mass is 179 g/mol. The van der Waals surface area contributed by atoms with Gasteiger partial charge in [-0.25, -0.2) is 0 Å². The van der Waals surface area contributed by atoms with Crippen molar-refractivity contribution in [1.82, 2.24) is 0 Å². The number of aliphatic hydroxyl groups is 1. The number of hydrogen-bond donors (Lipinski definition) is 2. The van der Waals surface area contributed by atoms with Gasteiger partial charge in [-0.05, 0) is 36.2 Å². The summed E-state index contributed by atoms with van der Waals surface area (Å²) in [6.45, 7) is 2.31. The molecule has 70 valence electrons. The van der Waals surface area contributed by atoms with Gasteiger partial charge in [0.25, 0.3) is 0 Å². The molecule has 0 amide bonds. The van der Waals surface area contributed by atoms with E-state index < -0.39 is 0 Å². The first-order chi connectivity index (χ1) is 6.24. The summed E-state index contributed by atoms with van der Waals surface area (Å²) in [5.41, 5.74) is 1.76. The lowest BCUT2D eigenvalue weighted by Crippen LogP contribution is -1.89. The van der Waals surface area contributed by atoms with Gasteiger partial charge in [0.2, 0.25) is 0 Å². The van der Waals surface area contributed by atoms with Crippen LogP contribution in [0.4, 0.5) is 0 Å². The van der Waals surface area contributed by atoms with Crippen LogP contribution >= 0.6 is 0 Å². The van der Waals surface area contributed by atoms with E-state index in [-0.39, 0.29) is 6.61 Å². The molecule has 0 aliphatic heterocycles. The molecule has 0 saturated carbocycles. The van der Waals surface area contributed by atoms with Crippen LogP contribution in [-0.2, 0) is 0 Å². The van der Waals surface area contributed by atoms with Crippen LogP contribution in [0, 0.1) is 6.92 Å². The molecule has 0 unspecified atom stereocenters. The maximum Gasteiger partial charge on any atom is 0.118 e. The van der Waals surface area contributed by atoms with E-state index in [1.807, 2.05) is 13.0 Å². The first kappa shape index (κ1) is 9.74. The molecular weight excluding hydrogens is 166 g/mol. The number of aliphatic imine (C=N–C) groups is 1. The molecule has 0 aliphatic rings. The highest BCUT2D eigenvalue weighted by atomic mass is 16.3. The highest BCUT2D eigenvalue weighted by molar-refractivity contribution is 5.80. The molecule has 3 nitrogen and oxygen atoms in total. The van der Waals surface area contributed by atoms with Crippen LogP contribution in [0.5, 0.6) is 5.75 Å². The minimum absolute atomic E-state index is 0.0631. The molecule has 0 spiro atoms. The minimum Gasteiger partial charge on any atom is -0.508 e. The average molecular weight is 179 g/mol. The molecule has 0 fully saturated rings. The molecule has 0 aromatic heterocycles. The smallest absolute Gasteiger partial charge is 0.118 e. The molecule has 0 bridgehead atoms. The number of rotatable bonds is 3. The zero-order chi connectivity index (χ0) is 9.68. The predicted octanol–water partition coefficient (Wildman–Crippen LogP) is 1.11. The number of aryl methyl sites for hydroxylation is 1. The second kappa shape index (κ2) is 4.62. The second-order valence-corrected chi connectivity index (χ2v) is 2.80. The lowest BCUT2D eigenvalue weighted by atomic mass is 10.1. The largest absolute Gasteiger partial charge is 0.508 e. The van der Waals surface area contributed by atoms with Gasteiger partial charge >= 0.3 is 0 Å². The summed E-state index contributed by atoms with van der Waals surface area (Å²) >= 11 is 0. The molecule has 0 heterocycles. The number of nitrogens with zero attached hydrogens (tertiary/aromatic N) is 1. The SMILES string of the molecule is Cc1cc(C=NCCO)ccc1O. The van der Waals surface area contributed by atoms with Gasteiger partial charge in [-0.1, -0.05) is 0 Å². The molecule has 1 rings (SSSR count). The van der Waals surface area contributed by atoms with Crippen LogP contribution in [0.25, 0.3) is 0 Å². The molecule has 0 radical (unpaired) electrons. The van der Waals surface area contributed by atoms with Crippen LogP contribution in [0.15, 0.2) is 23.2 Å². The van der Waals surface area contributed by atoms with Crippen molar-refractivity contribution in [3.63, 3.8) is 0 Å². The van der Waals surface area contributed by atoms with Gasteiger partial charge in [0, 0.05) is 6.21 Å². The molecule has 2 N–H and O–H groups in total. The Kier molecular flexibility index (Phi) is 3.46. The van der Waals surface area contributed by atoms with Gasteiger partial charge in [-0.3, -0.25) is 4.99 Å². The highest BCUT2D eigenvalue weighted by Gasteiger charge is 1.94. The molecule has 1 aromatic rings. The number of aromatic hydroxyl groups is 1. The molecule has 0 saturated heterocycles. The Morgan fingerprint density at radius 2 is 2.23 bits per heavy atom. The summed E-state index contributed by atoms with van der Waals surface area (Å²) in [5, 5.41) is 17.7. The fourth-order valence-corrected chi connectivity index (χ4v) is 0.987. The Morgan fingerprint density at radius 3 is 2.85 bits per heavy atom. The van der Waals surface area contributed by atoms with Gasteiger partial charge in [0.15, 0.2) is 0 Å². The van der Waals surface area contributed by atoms with Crippen LogP contribution in [0.1, 0.15) is 11.1 Å². The van der Waals surface area contributed by atoms with Crippen molar-refractivity contribution in [2.75, 3.05) is 13.2 Å². The molecule has 1 aromatic carbocycles. The van der Waals surface area contributed by atoms with Gasteiger partial charge in [-0.2, -0.15) is 0 Å². The summed E-state index contributed by atoms with van der Waals surface area (Å²) in [4.78, 5) is 3.97. The zero-order valence-electron chi connectivity index (χ0n) is 7.57. The van der Waals surface area contributed by atoms with E-state index >= 15 is 0 Å². The van der Waals surface area contributed by atoms with Crippen LogP contribution in [0.2, 0.25) is 0 Å². The van der Waals surface area contributed by atoms with Gasteiger partial charge in [0.1, 0.15) is 5.75 Å². The Morgan fingerprint density at radius 1 is 1.46 bits per heavy atom. The van der Waals surface area contributed by atoms with E-state index in [9.17, 15) is 5.11 Å². The van der Waals surface area contributed by atoms with Crippen molar-refractivity contribution in [1.29, 1.82) is 0 Å². The van der Waals surface area contributed by atoms with Gasteiger partial charge < -0.3 is 10.2 Å². The summed E-state index contributed by atoms with van der Waals surface area (Å²) in [5.74, 6) is 0.291. The van der Waals surface area contributed by atoms with Crippen molar-refractivity contribution in [3.8, 4) is 5.75 Å². The van der Waals surface area contributed by atoms with Crippen LogP contribution in [0.3, 0.4) is 0 Å². The fraction of sp³-hybridized carbons (Fsp3) is 0.300. The fourth-order valence-electron chi connectivity index (χ4n) is 0.987. The third kappa shape index (κ3) is 2.87. The highest BCUT2D eigenvalue weighted by Crippen LogP contribution is 2.15. The maximum atomic E-state index is 9.23. The van der Waals surface area contributed by atoms with Crippen LogP contribution in [-0.4, -0.2) is 29.6 Å². The number of aliphatic hydroxyl groups excluding tert-OH is 1. The Hall–Kier alpha value is -1.35. The Balaban J connectivity index is 2.73. The second-order valence-electron chi connectivity index (χ2n) is 2.80. The molecule has 0 aliphatic carbocycles. The topological polar surface area (TPSA) is 52.8 Å². The van der Waals surface area contributed by atoms with E-state index in [0.29, 0.717) is 12.3 Å².